The van der Waals surface area contributed by atoms with E-state index in [4.69, 9.17) is 9.72 Å². The third-order valence-corrected chi connectivity index (χ3v) is 4.21. The van der Waals surface area contributed by atoms with E-state index in [9.17, 15) is 4.79 Å². The number of carbonyl (C=O) groups is 1. The van der Waals surface area contributed by atoms with Crippen molar-refractivity contribution in [3.8, 4) is 5.75 Å². The van der Waals surface area contributed by atoms with Crippen molar-refractivity contribution in [1.29, 1.82) is 0 Å². The molecule has 0 fully saturated rings. The van der Waals surface area contributed by atoms with Crippen molar-refractivity contribution in [3.63, 3.8) is 0 Å². The van der Waals surface area contributed by atoms with Crippen molar-refractivity contribution in [3.05, 3.63) is 60.4 Å². The van der Waals surface area contributed by atoms with Gasteiger partial charge in [0.15, 0.2) is 0 Å². The molecule has 0 atom stereocenters. The quantitative estimate of drug-likeness (QED) is 0.641. The predicted octanol–water partition coefficient (Wildman–Crippen LogP) is 3.57. The van der Waals surface area contributed by atoms with Crippen LogP contribution in [0.2, 0.25) is 0 Å². The first-order valence-electron chi connectivity index (χ1n) is 9.16. The molecule has 5 nitrogen and oxygen atoms in total. The molecule has 0 aliphatic rings. The monoisotopic (exact) mass is 351 g/mol. The Morgan fingerprint density at radius 2 is 1.88 bits per heavy atom. The van der Waals surface area contributed by atoms with Gasteiger partial charge in [0.25, 0.3) is 0 Å². The second kappa shape index (κ2) is 9.04. The van der Waals surface area contributed by atoms with E-state index in [2.05, 4.69) is 16.0 Å². The van der Waals surface area contributed by atoms with Crippen molar-refractivity contribution in [2.75, 3.05) is 13.2 Å². The number of rotatable bonds is 9. The van der Waals surface area contributed by atoms with Crippen LogP contribution in [0, 0.1) is 0 Å². The maximum absolute atomic E-state index is 11.7. The number of nitrogens with zero attached hydrogens (tertiary/aromatic N) is 2. The molecular formula is C21H25N3O2. The lowest BCUT2D eigenvalue weighted by molar-refractivity contribution is -0.121. The minimum Gasteiger partial charge on any atom is -0.492 e. The van der Waals surface area contributed by atoms with Gasteiger partial charge in [-0.25, -0.2) is 4.98 Å². The highest BCUT2D eigenvalue weighted by Crippen LogP contribution is 2.17. The Hall–Kier alpha value is -2.82. The van der Waals surface area contributed by atoms with Gasteiger partial charge in [-0.05, 0) is 30.7 Å². The Balaban J connectivity index is 1.67. The van der Waals surface area contributed by atoms with Crippen LogP contribution in [0.15, 0.2) is 54.6 Å². The summed E-state index contributed by atoms with van der Waals surface area (Å²) in [6.07, 6.45) is 2.14. The van der Waals surface area contributed by atoms with Crippen LogP contribution in [-0.2, 0) is 17.8 Å². The Morgan fingerprint density at radius 3 is 2.69 bits per heavy atom. The fourth-order valence-corrected chi connectivity index (χ4v) is 2.97. The zero-order chi connectivity index (χ0) is 18.2. The number of hydrogen-bond donors (Lipinski definition) is 1. The van der Waals surface area contributed by atoms with Crippen molar-refractivity contribution in [1.82, 2.24) is 14.9 Å². The molecule has 1 amide bonds. The average Bonchev–Trinajstić information content (AvgIpc) is 3.01. The number of amides is 1. The number of para-hydroxylation sites is 3. The second-order valence-electron chi connectivity index (χ2n) is 6.18. The molecule has 0 saturated carbocycles. The highest BCUT2D eigenvalue weighted by atomic mass is 16.5. The van der Waals surface area contributed by atoms with Crippen LogP contribution in [0.5, 0.6) is 5.75 Å². The lowest BCUT2D eigenvalue weighted by atomic mass is 10.3. The van der Waals surface area contributed by atoms with Crippen LogP contribution in [0.1, 0.15) is 25.6 Å². The molecule has 0 unspecified atom stereocenters. The Bertz CT molecular complexity index is 843. The molecule has 0 aliphatic carbocycles. The first kappa shape index (κ1) is 18.0. The Morgan fingerprint density at radius 1 is 1.12 bits per heavy atom. The summed E-state index contributed by atoms with van der Waals surface area (Å²) in [6, 6.07) is 17.9. The Kier molecular flexibility index (Phi) is 6.25. The van der Waals surface area contributed by atoms with Crippen LogP contribution >= 0.6 is 0 Å². The van der Waals surface area contributed by atoms with Crippen LogP contribution < -0.4 is 10.1 Å². The maximum Gasteiger partial charge on any atom is 0.219 e. The molecule has 0 radical (unpaired) electrons. The number of ether oxygens (including phenoxy) is 1. The molecule has 26 heavy (non-hydrogen) atoms. The molecule has 5 heteroatoms. The van der Waals surface area contributed by atoms with Crippen molar-refractivity contribution in [2.24, 2.45) is 0 Å². The first-order valence-corrected chi connectivity index (χ1v) is 9.16. The van der Waals surface area contributed by atoms with E-state index >= 15 is 0 Å². The van der Waals surface area contributed by atoms with E-state index in [-0.39, 0.29) is 5.91 Å². The summed E-state index contributed by atoms with van der Waals surface area (Å²) in [6.45, 7) is 3.89. The predicted molar refractivity (Wildman–Crippen MR) is 103 cm³/mol. The minimum atomic E-state index is 0.0996. The van der Waals surface area contributed by atoms with Crippen LogP contribution in [0.3, 0.4) is 0 Å². The lowest BCUT2D eigenvalue weighted by Gasteiger charge is -2.11. The van der Waals surface area contributed by atoms with Gasteiger partial charge in [0.05, 0.1) is 17.6 Å². The van der Waals surface area contributed by atoms with Crippen molar-refractivity contribution >= 4 is 16.9 Å². The number of aromatic nitrogens is 2. The normalized spacial score (nSPS) is 10.8. The fourth-order valence-electron chi connectivity index (χ4n) is 2.97. The van der Waals surface area contributed by atoms with E-state index in [1.54, 1.807) is 0 Å². The summed E-state index contributed by atoms with van der Waals surface area (Å²) < 4.78 is 8.02. The summed E-state index contributed by atoms with van der Waals surface area (Å²) in [5, 5.41) is 2.96. The third kappa shape index (κ3) is 4.63. The van der Waals surface area contributed by atoms with E-state index < -0.39 is 0 Å². The van der Waals surface area contributed by atoms with E-state index in [0.29, 0.717) is 32.5 Å². The molecule has 136 valence electrons. The smallest absolute Gasteiger partial charge is 0.219 e. The maximum atomic E-state index is 11.7. The van der Waals surface area contributed by atoms with Crippen molar-refractivity contribution in [2.45, 2.75) is 32.7 Å². The molecule has 0 bridgehead atoms. The number of nitrogens with one attached hydrogen (secondary N) is 1. The number of carbonyl (C=O) groups excluding carboxylic acids is 1. The molecule has 3 aromatic rings. The molecule has 2 aromatic carbocycles. The molecule has 1 heterocycles. The van der Waals surface area contributed by atoms with Gasteiger partial charge in [-0.15, -0.1) is 0 Å². The van der Waals surface area contributed by atoms with Crippen LogP contribution in [-0.4, -0.2) is 28.6 Å². The largest absolute Gasteiger partial charge is 0.492 e. The summed E-state index contributed by atoms with van der Waals surface area (Å²) >= 11 is 0. The third-order valence-electron chi connectivity index (χ3n) is 4.21. The number of benzene rings is 2. The molecule has 1 N–H and O–H groups in total. The van der Waals surface area contributed by atoms with Crippen LogP contribution in [0.4, 0.5) is 0 Å². The fraction of sp³-hybridized carbons (Fsp3) is 0.333. The summed E-state index contributed by atoms with van der Waals surface area (Å²) in [7, 11) is 0. The van der Waals surface area contributed by atoms with Gasteiger partial charge in [-0.3, -0.25) is 4.79 Å². The van der Waals surface area contributed by atoms with Gasteiger partial charge in [0.2, 0.25) is 5.91 Å². The average molecular weight is 351 g/mol. The van der Waals surface area contributed by atoms with Gasteiger partial charge in [-0.2, -0.15) is 0 Å². The molecule has 1 aromatic heterocycles. The van der Waals surface area contributed by atoms with Crippen molar-refractivity contribution < 1.29 is 9.53 Å². The van der Waals surface area contributed by atoms with Gasteiger partial charge in [0, 0.05) is 19.4 Å². The lowest BCUT2D eigenvalue weighted by Crippen LogP contribution is -2.26. The van der Waals surface area contributed by atoms with Gasteiger partial charge in [0.1, 0.15) is 18.2 Å². The number of hydrogen-bond acceptors (Lipinski definition) is 3. The highest BCUT2D eigenvalue weighted by molar-refractivity contribution is 5.76. The molecule has 0 saturated heterocycles. The van der Waals surface area contributed by atoms with Gasteiger partial charge < -0.3 is 14.6 Å². The second-order valence-corrected chi connectivity index (χ2v) is 6.18. The first-order chi connectivity index (χ1) is 12.8. The molecule has 3 rings (SSSR count). The number of imidazole rings is 1. The summed E-state index contributed by atoms with van der Waals surface area (Å²) in [5.74, 6) is 1.94. The zero-order valence-electron chi connectivity index (χ0n) is 15.1. The minimum absolute atomic E-state index is 0.0996. The van der Waals surface area contributed by atoms with E-state index in [0.717, 1.165) is 29.0 Å². The van der Waals surface area contributed by atoms with E-state index in [1.807, 2.05) is 55.5 Å². The highest BCUT2D eigenvalue weighted by Gasteiger charge is 2.11. The zero-order valence-corrected chi connectivity index (χ0v) is 15.1. The molecule has 0 spiro atoms. The topological polar surface area (TPSA) is 56.2 Å². The molecule has 0 aliphatic heterocycles. The molecular weight excluding hydrogens is 326 g/mol. The van der Waals surface area contributed by atoms with Crippen LogP contribution in [0.25, 0.3) is 11.0 Å². The van der Waals surface area contributed by atoms with Gasteiger partial charge >= 0.3 is 0 Å². The summed E-state index contributed by atoms with van der Waals surface area (Å²) in [4.78, 5) is 16.4. The van der Waals surface area contributed by atoms with Gasteiger partial charge in [-0.1, -0.05) is 37.3 Å². The number of fused-ring (bicyclic) bond motifs is 1. The standard InChI is InChI=1S/C21H25N3O2/c1-2-8-21(25)22-14-13-20-23-18-11-6-7-12-19(18)24(20)15-16-26-17-9-4-3-5-10-17/h3-7,9-12H,2,8,13-16H2,1H3,(H,22,25). The summed E-state index contributed by atoms with van der Waals surface area (Å²) in [5.41, 5.74) is 2.07. The SMILES string of the molecule is CCCC(=O)NCCc1nc2ccccc2n1CCOc1ccccc1. The van der Waals surface area contributed by atoms with E-state index in [1.165, 1.54) is 0 Å². The Labute approximate surface area is 154 Å².